The first-order valence-electron chi connectivity index (χ1n) is 38.7. The van der Waals surface area contributed by atoms with Gasteiger partial charge in [-0.25, -0.2) is 0 Å². The molecule has 0 atom stereocenters. The third kappa shape index (κ3) is 10.8. The molecule has 22 rings (SSSR count). The van der Waals surface area contributed by atoms with Crippen molar-refractivity contribution in [2.75, 3.05) is 19.6 Å². The van der Waals surface area contributed by atoms with Crippen LogP contribution in [0.25, 0.3) is 109 Å². The molecule has 532 valence electrons. The molecule has 0 saturated heterocycles. The number of nitrogens with zero attached hydrogens (tertiary/aromatic N) is 4. The highest BCUT2D eigenvalue weighted by Gasteiger charge is 2.44. The highest BCUT2D eigenvalue weighted by Crippen LogP contribution is 2.49. The Kier molecular flexibility index (Phi) is 15.7. The molecule has 2 aliphatic rings. The highest BCUT2D eigenvalue weighted by atomic mass is 28.3. The molecule has 18 aromatic carbocycles. The smallest absolute Gasteiger partial charge is 0.136 e. The summed E-state index contributed by atoms with van der Waals surface area (Å²) in [5.41, 5.74) is 17.6. The van der Waals surface area contributed by atoms with Crippen molar-refractivity contribution in [3.05, 3.63) is 388 Å². The number of anilines is 12. The SMILES string of the molecule is C[Si]1(C)c2ccc(N(c3ccccc3)c3cccc4c3ccc3ccccc34)cc2-c2oc3cc(N(c4ccccc4)c4cccc5c4ccc4ccccc45)ccc3c21.C[Si]1(C)c2ccc(N(c3ccccc3)c3cccc4ccccc34)cc2-c2oc3cc(N(c4ccccc4)c4cccc5ccccc45)ccc3c21. The van der Waals surface area contributed by atoms with Gasteiger partial charge in [-0.3, -0.25) is 0 Å². The standard InChI is InChI=1S/C56H40N2OSi.C48H36N2OSi/c1-60(2)54-34-30-41(57(39-17-5-3-6-18-39)51-25-13-23-45-43-21-11-9-15-37(43)27-31-47(45)51)35-50(54)55-56(60)49-33-29-42(36-53(49)59-55)58(40-19-7-4-8-20-40)52-26-14-24-46-44-22-12-10-16-38(44)28-32-48(46)52;1-52(2)46-30-28-37(49(35-19-5-3-6-20-35)43-25-13-17-33-15-9-11-23-39(33)43)31-42(46)47-48(52)41-29-27-38(32-45(41)51-47)50(36-21-7-4-8-22-36)44-26-14-18-34-16-10-12-24-40(34)44/h3-36H,1-2H3;3-32H,1-2H3. The van der Waals surface area contributed by atoms with E-state index in [1.54, 1.807) is 0 Å². The number of fused-ring (bicyclic) bond motifs is 18. The molecule has 4 heterocycles. The average Bonchev–Trinajstić information content (AvgIpc) is 1.55. The lowest BCUT2D eigenvalue weighted by Gasteiger charge is -2.28. The Morgan fingerprint density at radius 2 is 0.464 bits per heavy atom. The van der Waals surface area contributed by atoms with Crippen molar-refractivity contribution in [2.24, 2.45) is 0 Å². The van der Waals surface area contributed by atoms with Crippen LogP contribution in [-0.2, 0) is 0 Å². The third-order valence-electron chi connectivity index (χ3n) is 23.6. The van der Waals surface area contributed by atoms with Crippen LogP contribution in [0.5, 0.6) is 0 Å². The van der Waals surface area contributed by atoms with Gasteiger partial charge in [-0.15, -0.1) is 0 Å². The van der Waals surface area contributed by atoms with E-state index in [0.717, 1.165) is 90.9 Å². The summed E-state index contributed by atoms with van der Waals surface area (Å²) in [4.78, 5) is 9.53. The van der Waals surface area contributed by atoms with Gasteiger partial charge in [-0.05, 0) is 185 Å². The van der Waals surface area contributed by atoms with Gasteiger partial charge >= 0.3 is 0 Å². The van der Waals surface area contributed by atoms with Crippen molar-refractivity contribution in [3.8, 4) is 22.6 Å². The number of rotatable bonds is 12. The topological polar surface area (TPSA) is 39.2 Å². The van der Waals surface area contributed by atoms with Crippen LogP contribution in [0.2, 0.25) is 26.2 Å². The number of hydrogen-bond donors (Lipinski definition) is 0. The van der Waals surface area contributed by atoms with Gasteiger partial charge in [0.2, 0.25) is 0 Å². The number of para-hydroxylation sites is 4. The summed E-state index contributed by atoms with van der Waals surface area (Å²) in [7, 11) is -4.23. The van der Waals surface area contributed by atoms with E-state index in [9.17, 15) is 0 Å². The van der Waals surface area contributed by atoms with Gasteiger partial charge in [0.25, 0.3) is 0 Å². The maximum atomic E-state index is 7.13. The van der Waals surface area contributed by atoms with E-state index in [-0.39, 0.29) is 0 Å². The summed E-state index contributed by atoms with van der Waals surface area (Å²) < 4.78 is 14.2. The van der Waals surface area contributed by atoms with Crippen molar-refractivity contribution in [1.29, 1.82) is 0 Å². The molecule has 0 aliphatic carbocycles. The van der Waals surface area contributed by atoms with E-state index in [1.807, 2.05) is 0 Å². The van der Waals surface area contributed by atoms with Crippen molar-refractivity contribution in [1.82, 2.24) is 0 Å². The van der Waals surface area contributed by atoms with Crippen LogP contribution in [-0.4, -0.2) is 16.1 Å². The fraction of sp³-hybridized carbons (Fsp3) is 0.0385. The van der Waals surface area contributed by atoms with E-state index in [1.165, 1.54) is 107 Å². The van der Waals surface area contributed by atoms with Gasteiger partial charge in [0, 0.05) is 101 Å². The first kappa shape index (κ1) is 66.4. The first-order valence-corrected chi connectivity index (χ1v) is 44.7. The molecule has 0 amide bonds. The lowest BCUT2D eigenvalue weighted by molar-refractivity contribution is 0.634. The maximum absolute atomic E-state index is 7.13. The Morgan fingerprint density at radius 3 is 0.830 bits per heavy atom. The van der Waals surface area contributed by atoms with Crippen LogP contribution < -0.4 is 40.3 Å². The summed E-state index contributed by atoms with van der Waals surface area (Å²) in [6.07, 6.45) is 0. The van der Waals surface area contributed by atoms with Crippen LogP contribution in [0.15, 0.2) is 397 Å². The summed E-state index contributed by atoms with van der Waals surface area (Å²) in [6.45, 7) is 9.88. The Labute approximate surface area is 652 Å². The van der Waals surface area contributed by atoms with Crippen molar-refractivity contribution >= 4 is 192 Å². The van der Waals surface area contributed by atoms with Gasteiger partial charge in [0.1, 0.15) is 38.8 Å². The van der Waals surface area contributed by atoms with E-state index in [0.29, 0.717) is 0 Å². The van der Waals surface area contributed by atoms with Crippen LogP contribution in [0, 0.1) is 0 Å². The van der Waals surface area contributed by atoms with Gasteiger partial charge in [-0.1, -0.05) is 281 Å². The Morgan fingerprint density at radius 1 is 0.196 bits per heavy atom. The molecule has 8 heteroatoms. The Hall–Kier alpha value is -13.8. The monoisotopic (exact) mass is 1470 g/mol. The highest BCUT2D eigenvalue weighted by molar-refractivity contribution is 7.05. The van der Waals surface area contributed by atoms with Crippen molar-refractivity contribution in [3.63, 3.8) is 0 Å². The summed E-state index contributed by atoms with van der Waals surface area (Å²) in [5.74, 6) is 2.03. The predicted octanol–water partition coefficient (Wildman–Crippen LogP) is 27.3. The number of benzene rings is 18. The quantitative estimate of drug-likeness (QED) is 0.0897. The van der Waals surface area contributed by atoms with Gasteiger partial charge in [0.15, 0.2) is 0 Å². The zero-order chi connectivity index (χ0) is 74.8. The van der Waals surface area contributed by atoms with E-state index < -0.39 is 16.1 Å². The molecule has 2 aromatic heterocycles. The molecular formula is C104H76N4O2Si2. The molecule has 0 N–H and O–H groups in total. The Bertz CT molecular complexity index is 7110. The van der Waals surface area contributed by atoms with Gasteiger partial charge in [0.05, 0.1) is 22.7 Å². The lowest BCUT2D eigenvalue weighted by Crippen LogP contribution is -2.49. The molecule has 0 unspecified atom stereocenters. The summed E-state index contributed by atoms with van der Waals surface area (Å²) in [5, 5.41) is 22.8. The lowest BCUT2D eigenvalue weighted by atomic mass is 9.99. The second-order valence-electron chi connectivity index (χ2n) is 30.7. The van der Waals surface area contributed by atoms with Gasteiger partial charge in [-0.2, -0.15) is 0 Å². The second-order valence-corrected chi connectivity index (χ2v) is 39.3. The van der Waals surface area contributed by atoms with Crippen molar-refractivity contribution < 1.29 is 8.83 Å². The predicted molar refractivity (Wildman–Crippen MR) is 481 cm³/mol. The molecule has 0 saturated carbocycles. The molecular weight excluding hydrogens is 1390 g/mol. The molecule has 20 aromatic rings. The van der Waals surface area contributed by atoms with Crippen LogP contribution in [0.4, 0.5) is 68.2 Å². The molecule has 0 fully saturated rings. The van der Waals surface area contributed by atoms with Gasteiger partial charge < -0.3 is 28.4 Å². The minimum absolute atomic E-state index is 0.918. The van der Waals surface area contributed by atoms with E-state index in [2.05, 4.69) is 434 Å². The Balaban J connectivity index is 0.000000143. The molecule has 0 radical (unpaired) electrons. The molecule has 6 nitrogen and oxygen atoms in total. The third-order valence-corrected chi connectivity index (χ3v) is 30.6. The van der Waals surface area contributed by atoms with Crippen LogP contribution in [0.1, 0.15) is 0 Å². The van der Waals surface area contributed by atoms with Crippen molar-refractivity contribution in [2.45, 2.75) is 26.2 Å². The summed E-state index contributed by atoms with van der Waals surface area (Å²) >= 11 is 0. The molecule has 112 heavy (non-hydrogen) atoms. The maximum Gasteiger partial charge on any atom is 0.136 e. The zero-order valence-electron chi connectivity index (χ0n) is 62.6. The van der Waals surface area contributed by atoms with Crippen LogP contribution in [0.3, 0.4) is 0 Å². The molecule has 2 aliphatic heterocycles. The minimum Gasteiger partial charge on any atom is -0.456 e. The fourth-order valence-corrected chi connectivity index (χ4v) is 24.9. The minimum atomic E-state index is -2.14. The summed E-state index contributed by atoms with van der Waals surface area (Å²) in [6, 6.07) is 141. The molecule has 0 spiro atoms. The number of furan rings is 2. The zero-order valence-corrected chi connectivity index (χ0v) is 64.6. The van der Waals surface area contributed by atoms with E-state index >= 15 is 0 Å². The molecule has 0 bridgehead atoms. The number of hydrogen-bond acceptors (Lipinski definition) is 6. The van der Waals surface area contributed by atoms with Crippen LogP contribution >= 0.6 is 0 Å². The fourth-order valence-electron chi connectivity index (χ4n) is 18.4. The largest absolute Gasteiger partial charge is 0.456 e. The van der Waals surface area contributed by atoms with E-state index in [4.69, 9.17) is 8.83 Å². The normalized spacial score (nSPS) is 13.0. The second kappa shape index (κ2) is 26.5. The average molecular weight is 1470 g/mol. The first-order chi connectivity index (χ1) is 55.1.